The molecule has 0 radical (unpaired) electrons. The average molecular weight is 293 g/mol. The van der Waals surface area contributed by atoms with Gasteiger partial charge in [0.1, 0.15) is 0 Å². The third-order valence-corrected chi connectivity index (χ3v) is 3.78. The Morgan fingerprint density at radius 2 is 1.45 bits per heavy atom. The molecule has 0 bridgehead atoms. The van der Waals surface area contributed by atoms with Gasteiger partial charge < -0.3 is 5.32 Å². The number of benzene rings is 2. The van der Waals surface area contributed by atoms with Crippen molar-refractivity contribution in [3.8, 4) is 0 Å². The van der Waals surface area contributed by atoms with Gasteiger partial charge in [0.15, 0.2) is 5.78 Å². The van der Waals surface area contributed by atoms with Crippen LogP contribution in [0.2, 0.25) is 0 Å². The van der Waals surface area contributed by atoms with Crippen molar-refractivity contribution >= 4 is 17.0 Å². The minimum absolute atomic E-state index is 0.0682. The van der Waals surface area contributed by atoms with Crippen molar-refractivity contribution in [2.45, 2.75) is 34.6 Å². The van der Waals surface area contributed by atoms with Crippen LogP contribution in [0.25, 0.3) is 5.57 Å². The predicted molar refractivity (Wildman–Crippen MR) is 94.0 cm³/mol. The van der Waals surface area contributed by atoms with Crippen LogP contribution in [0.4, 0.5) is 5.69 Å². The molecule has 114 valence electrons. The Morgan fingerprint density at radius 3 is 1.95 bits per heavy atom. The van der Waals surface area contributed by atoms with Gasteiger partial charge in [0.05, 0.1) is 0 Å². The summed E-state index contributed by atoms with van der Waals surface area (Å²) in [5, 5.41) is 3.44. The van der Waals surface area contributed by atoms with Crippen LogP contribution in [0.15, 0.2) is 48.2 Å². The molecule has 0 atom stereocenters. The number of allylic oxidation sites excluding steroid dienone is 2. The first-order valence-electron chi connectivity index (χ1n) is 7.52. The van der Waals surface area contributed by atoms with E-state index < -0.39 is 0 Å². The van der Waals surface area contributed by atoms with Gasteiger partial charge in [0.25, 0.3) is 0 Å². The molecule has 0 aliphatic rings. The van der Waals surface area contributed by atoms with Crippen LogP contribution in [0, 0.1) is 20.8 Å². The molecule has 2 rings (SSSR count). The molecule has 0 fully saturated rings. The number of rotatable bonds is 4. The number of carbonyl (C=O) groups is 1. The van der Waals surface area contributed by atoms with E-state index >= 15 is 0 Å². The number of nitrogens with one attached hydrogen (secondary N) is 1. The number of hydrogen-bond donors (Lipinski definition) is 1. The van der Waals surface area contributed by atoms with Gasteiger partial charge in [0, 0.05) is 17.0 Å². The van der Waals surface area contributed by atoms with Crippen LogP contribution < -0.4 is 5.32 Å². The van der Waals surface area contributed by atoms with Gasteiger partial charge in [-0.1, -0.05) is 48.0 Å². The molecule has 22 heavy (non-hydrogen) atoms. The van der Waals surface area contributed by atoms with E-state index in [1.807, 2.05) is 37.3 Å². The summed E-state index contributed by atoms with van der Waals surface area (Å²) in [5.41, 5.74) is 7.27. The molecule has 1 N–H and O–H groups in total. The molecule has 2 aromatic carbocycles. The summed E-state index contributed by atoms with van der Waals surface area (Å²) in [4.78, 5) is 12.1. The van der Waals surface area contributed by atoms with Gasteiger partial charge in [0.2, 0.25) is 0 Å². The van der Waals surface area contributed by atoms with E-state index in [0.29, 0.717) is 0 Å². The zero-order chi connectivity index (χ0) is 16.3. The molecule has 0 saturated carbocycles. The van der Waals surface area contributed by atoms with E-state index in [-0.39, 0.29) is 5.78 Å². The van der Waals surface area contributed by atoms with E-state index in [2.05, 4.69) is 38.2 Å². The molecular weight excluding hydrogens is 270 g/mol. The maximum atomic E-state index is 12.1. The van der Waals surface area contributed by atoms with Crippen LogP contribution in [0.5, 0.6) is 0 Å². The normalized spacial score (nSPS) is 11.9. The van der Waals surface area contributed by atoms with Crippen molar-refractivity contribution in [3.63, 3.8) is 0 Å². The Hall–Kier alpha value is -2.35. The maximum absolute atomic E-state index is 12.1. The third kappa shape index (κ3) is 3.45. The second-order valence-corrected chi connectivity index (χ2v) is 5.82. The van der Waals surface area contributed by atoms with Gasteiger partial charge in [-0.25, -0.2) is 0 Å². The minimum atomic E-state index is 0.0682. The molecule has 0 spiro atoms. The van der Waals surface area contributed by atoms with Gasteiger partial charge in [-0.05, 0) is 51.3 Å². The fraction of sp³-hybridized carbons (Fsp3) is 0.250. The molecule has 0 heterocycles. The Morgan fingerprint density at radius 1 is 0.909 bits per heavy atom. The van der Waals surface area contributed by atoms with Gasteiger partial charge in [-0.2, -0.15) is 0 Å². The van der Waals surface area contributed by atoms with Crippen molar-refractivity contribution in [3.05, 3.63) is 70.4 Å². The lowest BCUT2D eigenvalue weighted by molar-refractivity contribution is -0.111. The lowest BCUT2D eigenvalue weighted by atomic mass is 9.99. The van der Waals surface area contributed by atoms with E-state index in [1.54, 1.807) is 6.92 Å². The maximum Gasteiger partial charge on any atom is 0.162 e. The molecule has 0 saturated heterocycles. The van der Waals surface area contributed by atoms with E-state index in [9.17, 15) is 4.79 Å². The fourth-order valence-electron chi connectivity index (χ4n) is 2.92. The fourth-order valence-corrected chi connectivity index (χ4v) is 2.92. The standard InChI is InChI=1S/C20H23NO/c1-13-11-14(2)20(15(3)12-13)21-16(4)19(17(5)22)18-9-7-6-8-10-18/h6-12,21H,1-5H3. The summed E-state index contributed by atoms with van der Waals surface area (Å²) in [5.74, 6) is 0.0682. The Kier molecular flexibility index (Phi) is 4.81. The smallest absolute Gasteiger partial charge is 0.162 e. The highest BCUT2D eigenvalue weighted by Gasteiger charge is 2.13. The molecule has 0 unspecified atom stereocenters. The molecule has 0 amide bonds. The number of anilines is 1. The topological polar surface area (TPSA) is 29.1 Å². The van der Waals surface area contributed by atoms with Gasteiger partial charge in [-0.15, -0.1) is 0 Å². The SMILES string of the molecule is CC(=O)C(=C(C)Nc1c(C)cc(C)cc1C)c1ccccc1. The quantitative estimate of drug-likeness (QED) is 0.800. The number of aryl methyl sites for hydroxylation is 3. The lowest BCUT2D eigenvalue weighted by Crippen LogP contribution is -2.08. The monoisotopic (exact) mass is 293 g/mol. The second-order valence-electron chi connectivity index (χ2n) is 5.82. The zero-order valence-electron chi connectivity index (χ0n) is 13.9. The third-order valence-electron chi connectivity index (χ3n) is 3.78. The van der Waals surface area contributed by atoms with Crippen molar-refractivity contribution < 1.29 is 4.79 Å². The summed E-state index contributed by atoms with van der Waals surface area (Å²) in [7, 11) is 0. The van der Waals surface area contributed by atoms with Crippen LogP contribution >= 0.6 is 0 Å². The first-order chi connectivity index (χ1) is 10.4. The molecule has 0 aromatic heterocycles. The first-order valence-corrected chi connectivity index (χ1v) is 7.52. The number of hydrogen-bond acceptors (Lipinski definition) is 2. The van der Waals surface area contributed by atoms with Gasteiger partial charge >= 0.3 is 0 Å². The van der Waals surface area contributed by atoms with E-state index in [4.69, 9.17) is 0 Å². The number of carbonyl (C=O) groups excluding carboxylic acids is 1. The minimum Gasteiger partial charge on any atom is -0.358 e. The molecule has 0 aliphatic carbocycles. The highest BCUT2D eigenvalue weighted by atomic mass is 16.1. The Balaban J connectivity index is 2.48. The first kappa shape index (κ1) is 16.0. The Bertz CT molecular complexity index is 704. The van der Waals surface area contributed by atoms with Crippen molar-refractivity contribution in [2.24, 2.45) is 0 Å². The van der Waals surface area contributed by atoms with Crippen LogP contribution in [-0.4, -0.2) is 5.78 Å². The largest absolute Gasteiger partial charge is 0.358 e. The summed E-state index contributed by atoms with van der Waals surface area (Å²) < 4.78 is 0. The average Bonchev–Trinajstić information content (AvgIpc) is 2.43. The predicted octanol–water partition coefficient (Wildman–Crippen LogP) is 5.04. The second kappa shape index (κ2) is 6.61. The lowest BCUT2D eigenvalue weighted by Gasteiger charge is -2.17. The van der Waals surface area contributed by atoms with Gasteiger partial charge in [-0.3, -0.25) is 4.79 Å². The highest BCUT2D eigenvalue weighted by molar-refractivity contribution is 6.20. The molecule has 0 aliphatic heterocycles. The van der Waals surface area contributed by atoms with Crippen molar-refractivity contribution in [1.82, 2.24) is 0 Å². The van der Waals surface area contributed by atoms with E-state index in [0.717, 1.165) is 22.5 Å². The van der Waals surface area contributed by atoms with Crippen molar-refractivity contribution in [1.29, 1.82) is 0 Å². The molecular formula is C20H23NO. The van der Waals surface area contributed by atoms with E-state index in [1.165, 1.54) is 16.7 Å². The molecule has 2 heteroatoms. The Labute approximate surface area is 132 Å². The highest BCUT2D eigenvalue weighted by Crippen LogP contribution is 2.26. The van der Waals surface area contributed by atoms with Crippen LogP contribution in [-0.2, 0) is 4.79 Å². The summed E-state index contributed by atoms with van der Waals surface area (Å²) >= 11 is 0. The number of Topliss-reactive ketones (excluding diaryl/α,β-unsaturated/α-hetero) is 1. The van der Waals surface area contributed by atoms with Crippen LogP contribution in [0.3, 0.4) is 0 Å². The van der Waals surface area contributed by atoms with Crippen molar-refractivity contribution in [2.75, 3.05) is 5.32 Å². The summed E-state index contributed by atoms with van der Waals surface area (Å²) in [6, 6.07) is 14.1. The van der Waals surface area contributed by atoms with Crippen LogP contribution in [0.1, 0.15) is 36.1 Å². The zero-order valence-corrected chi connectivity index (χ0v) is 13.9. The molecule has 2 aromatic rings. The summed E-state index contributed by atoms with van der Waals surface area (Å²) in [6.07, 6.45) is 0. The number of ketones is 1. The summed E-state index contributed by atoms with van der Waals surface area (Å²) in [6.45, 7) is 9.85. The molecule has 2 nitrogen and oxygen atoms in total.